The molecule has 1 atom stereocenters. The second-order valence-electron chi connectivity index (χ2n) is 9.22. The Hall–Kier alpha value is -2.99. The van der Waals surface area contributed by atoms with Crippen molar-refractivity contribution in [3.05, 3.63) is 86.4 Å². The van der Waals surface area contributed by atoms with Gasteiger partial charge in [-0.1, -0.05) is 48.0 Å². The Morgan fingerprint density at radius 1 is 1.09 bits per heavy atom. The Balaban J connectivity index is 1.25. The van der Waals surface area contributed by atoms with Gasteiger partial charge >= 0.3 is 0 Å². The van der Waals surface area contributed by atoms with Gasteiger partial charge in [0.1, 0.15) is 5.01 Å². The number of benzene rings is 2. The van der Waals surface area contributed by atoms with E-state index in [9.17, 15) is 9.59 Å². The molecule has 34 heavy (non-hydrogen) atoms. The summed E-state index contributed by atoms with van der Waals surface area (Å²) < 4.78 is 0. The lowest BCUT2D eigenvalue weighted by atomic mass is 9.99. The minimum Gasteiger partial charge on any atom is -0.350 e. The van der Waals surface area contributed by atoms with E-state index in [0.717, 1.165) is 36.5 Å². The maximum absolute atomic E-state index is 12.9. The Labute approximate surface area is 206 Å². The highest BCUT2D eigenvalue weighted by Crippen LogP contribution is 2.32. The Morgan fingerprint density at radius 2 is 1.85 bits per heavy atom. The average molecular weight is 476 g/mol. The summed E-state index contributed by atoms with van der Waals surface area (Å²) in [6.07, 6.45) is 3.23. The number of nitrogens with zero attached hydrogens (tertiary/aromatic N) is 2. The predicted molar refractivity (Wildman–Crippen MR) is 137 cm³/mol. The lowest BCUT2D eigenvalue weighted by Gasteiger charge is -2.25. The van der Waals surface area contributed by atoms with E-state index >= 15 is 0 Å². The van der Waals surface area contributed by atoms with Gasteiger partial charge in [-0.05, 0) is 55.9 Å². The van der Waals surface area contributed by atoms with Crippen LogP contribution in [0.3, 0.4) is 0 Å². The fourth-order valence-electron chi connectivity index (χ4n) is 4.74. The summed E-state index contributed by atoms with van der Waals surface area (Å²) in [6.45, 7) is 7.50. The number of nitrogens with one attached hydrogen (secondary N) is 1. The molecule has 0 bridgehead atoms. The summed E-state index contributed by atoms with van der Waals surface area (Å²) in [7, 11) is 0. The summed E-state index contributed by atoms with van der Waals surface area (Å²) in [5, 5.41) is 5.89. The van der Waals surface area contributed by atoms with Crippen molar-refractivity contribution in [2.24, 2.45) is 0 Å². The van der Waals surface area contributed by atoms with Crippen LogP contribution in [-0.4, -0.2) is 28.2 Å². The number of likely N-dealkylation sites (tertiary alicyclic amines) is 1. The van der Waals surface area contributed by atoms with Gasteiger partial charge in [-0.15, -0.1) is 11.3 Å². The van der Waals surface area contributed by atoms with Gasteiger partial charge in [-0.2, -0.15) is 0 Å². The molecule has 6 heteroatoms. The molecule has 178 valence electrons. The molecule has 2 amide bonds. The average Bonchev–Trinajstić information content (AvgIpc) is 3.48. The standard InChI is InChI=1S/C28H33N3O2S/c1-19-7-4-10-22(15-19)25-11-6-14-31(25)28(33)13-12-26(32)29-17-27-30-23(18-34-27)16-24-20(2)8-5-9-21(24)3/h4-5,7-10,15,18,25H,6,11-14,16-17H2,1-3H3,(H,29,32). The van der Waals surface area contributed by atoms with Crippen molar-refractivity contribution < 1.29 is 9.59 Å². The van der Waals surface area contributed by atoms with Crippen molar-refractivity contribution in [3.63, 3.8) is 0 Å². The molecule has 0 spiro atoms. The molecule has 1 fully saturated rings. The molecule has 4 rings (SSSR count). The zero-order valence-electron chi connectivity index (χ0n) is 20.3. The molecule has 1 aliphatic heterocycles. The van der Waals surface area contributed by atoms with Gasteiger partial charge in [-0.3, -0.25) is 9.59 Å². The molecule has 1 unspecified atom stereocenters. The monoisotopic (exact) mass is 475 g/mol. The number of amides is 2. The van der Waals surface area contributed by atoms with Crippen LogP contribution in [0.5, 0.6) is 0 Å². The first kappa shape index (κ1) is 24.1. The normalized spacial score (nSPS) is 15.5. The highest BCUT2D eigenvalue weighted by Gasteiger charge is 2.29. The summed E-state index contributed by atoms with van der Waals surface area (Å²) in [5.74, 6) is -0.0459. The Morgan fingerprint density at radius 3 is 2.62 bits per heavy atom. The molecule has 5 nitrogen and oxygen atoms in total. The minimum atomic E-state index is -0.105. The van der Waals surface area contributed by atoms with Crippen molar-refractivity contribution in [2.75, 3.05) is 6.54 Å². The lowest BCUT2D eigenvalue weighted by molar-refractivity contribution is -0.134. The second-order valence-corrected chi connectivity index (χ2v) is 10.2. The molecule has 1 N–H and O–H groups in total. The molecule has 2 aromatic carbocycles. The zero-order valence-corrected chi connectivity index (χ0v) is 21.1. The topological polar surface area (TPSA) is 62.3 Å². The van der Waals surface area contributed by atoms with E-state index in [4.69, 9.17) is 4.98 Å². The van der Waals surface area contributed by atoms with E-state index in [2.05, 4.69) is 67.9 Å². The summed E-state index contributed by atoms with van der Waals surface area (Å²) >= 11 is 1.57. The summed E-state index contributed by atoms with van der Waals surface area (Å²) in [5.41, 5.74) is 7.28. The van der Waals surface area contributed by atoms with Crippen molar-refractivity contribution in [3.8, 4) is 0 Å². The number of hydrogen-bond donors (Lipinski definition) is 1. The summed E-state index contributed by atoms with van der Waals surface area (Å²) in [6, 6.07) is 14.8. The van der Waals surface area contributed by atoms with Crippen LogP contribution in [0.2, 0.25) is 0 Å². The van der Waals surface area contributed by atoms with Crippen LogP contribution in [0.25, 0.3) is 0 Å². The van der Waals surface area contributed by atoms with E-state index in [1.165, 1.54) is 27.8 Å². The van der Waals surface area contributed by atoms with E-state index in [1.54, 1.807) is 11.3 Å². The van der Waals surface area contributed by atoms with Crippen molar-refractivity contribution in [1.82, 2.24) is 15.2 Å². The van der Waals surface area contributed by atoms with Crippen LogP contribution >= 0.6 is 11.3 Å². The highest BCUT2D eigenvalue weighted by molar-refractivity contribution is 7.09. The fourth-order valence-corrected chi connectivity index (χ4v) is 5.47. The molecule has 0 radical (unpaired) electrons. The van der Waals surface area contributed by atoms with Crippen molar-refractivity contribution >= 4 is 23.2 Å². The molecule has 1 aromatic heterocycles. The largest absolute Gasteiger partial charge is 0.350 e. The smallest absolute Gasteiger partial charge is 0.223 e. The van der Waals surface area contributed by atoms with Gasteiger partial charge < -0.3 is 10.2 Å². The quantitative estimate of drug-likeness (QED) is 0.473. The van der Waals surface area contributed by atoms with Crippen molar-refractivity contribution in [2.45, 2.75) is 65.5 Å². The minimum absolute atomic E-state index is 0.0595. The molecular weight excluding hydrogens is 442 g/mol. The maximum atomic E-state index is 12.9. The molecule has 0 aliphatic carbocycles. The second kappa shape index (κ2) is 11.0. The van der Waals surface area contributed by atoms with Gasteiger partial charge in [0.2, 0.25) is 11.8 Å². The molecule has 2 heterocycles. The molecule has 0 saturated carbocycles. The highest BCUT2D eigenvalue weighted by atomic mass is 32.1. The SMILES string of the molecule is Cc1cccc(C2CCCN2C(=O)CCC(=O)NCc2nc(Cc3c(C)cccc3C)cs2)c1. The van der Waals surface area contributed by atoms with Crippen LogP contribution in [0.15, 0.2) is 47.8 Å². The number of thiazole rings is 1. The molecule has 1 saturated heterocycles. The summed E-state index contributed by atoms with van der Waals surface area (Å²) in [4.78, 5) is 31.9. The zero-order chi connectivity index (χ0) is 24.1. The molecule has 1 aliphatic rings. The van der Waals surface area contributed by atoms with Crippen LogP contribution in [0.1, 0.15) is 70.2 Å². The molecular formula is C28H33N3O2S. The number of rotatable bonds is 8. The Bertz CT molecular complexity index is 1150. The Kier molecular flexibility index (Phi) is 7.78. The third-order valence-corrected chi connectivity index (χ3v) is 7.50. The fraction of sp³-hybridized carbons (Fsp3) is 0.393. The van der Waals surface area contributed by atoms with E-state index in [0.29, 0.717) is 6.54 Å². The number of carbonyl (C=O) groups is 2. The van der Waals surface area contributed by atoms with Crippen LogP contribution in [0, 0.1) is 20.8 Å². The first-order valence-corrected chi connectivity index (χ1v) is 12.9. The first-order valence-electron chi connectivity index (χ1n) is 12.0. The first-order chi connectivity index (χ1) is 16.4. The van der Waals surface area contributed by atoms with Crippen molar-refractivity contribution in [1.29, 1.82) is 0 Å². The number of carbonyl (C=O) groups excluding carboxylic acids is 2. The molecule has 3 aromatic rings. The van der Waals surface area contributed by atoms with Gasteiger partial charge in [-0.25, -0.2) is 4.98 Å². The number of aromatic nitrogens is 1. The van der Waals surface area contributed by atoms with E-state index < -0.39 is 0 Å². The predicted octanol–water partition coefficient (Wildman–Crippen LogP) is 5.42. The van der Waals surface area contributed by atoms with Gasteiger partial charge in [0.15, 0.2) is 0 Å². The van der Waals surface area contributed by atoms with Gasteiger partial charge in [0.05, 0.1) is 18.3 Å². The maximum Gasteiger partial charge on any atom is 0.223 e. The number of aryl methyl sites for hydroxylation is 3. The third-order valence-electron chi connectivity index (χ3n) is 6.60. The number of hydrogen-bond acceptors (Lipinski definition) is 4. The van der Waals surface area contributed by atoms with Gasteiger partial charge in [0.25, 0.3) is 0 Å². The lowest BCUT2D eigenvalue weighted by Crippen LogP contribution is -2.32. The van der Waals surface area contributed by atoms with Crippen LogP contribution in [0.4, 0.5) is 0 Å². The van der Waals surface area contributed by atoms with Gasteiger partial charge in [0, 0.05) is 31.2 Å². The van der Waals surface area contributed by atoms with Crippen LogP contribution < -0.4 is 5.32 Å². The van der Waals surface area contributed by atoms with Crippen LogP contribution in [-0.2, 0) is 22.6 Å². The van der Waals surface area contributed by atoms with E-state index in [-0.39, 0.29) is 30.7 Å². The van der Waals surface area contributed by atoms with E-state index in [1.807, 2.05) is 11.0 Å². The third kappa shape index (κ3) is 5.92.